The molecule has 1 saturated heterocycles. The van der Waals surface area contributed by atoms with Crippen molar-refractivity contribution in [2.45, 2.75) is 31.9 Å². The molecule has 0 spiro atoms. The molecule has 1 aliphatic heterocycles. The summed E-state index contributed by atoms with van der Waals surface area (Å²) in [5.41, 5.74) is 0. The highest BCUT2D eigenvalue weighted by molar-refractivity contribution is 7.85. The topological polar surface area (TPSA) is 58.6 Å². The molecule has 0 bridgehead atoms. The van der Waals surface area contributed by atoms with E-state index in [1.807, 2.05) is 6.92 Å². The standard InChI is InChI=1S/C10H21NO3S/c1-2-14-8-10(12)7-11-9-3-5-15(13)6-4-9/h9-12H,2-8H2,1H3. The van der Waals surface area contributed by atoms with Crippen LogP contribution in [0.15, 0.2) is 0 Å². The predicted molar refractivity (Wildman–Crippen MR) is 61.4 cm³/mol. The van der Waals surface area contributed by atoms with Crippen LogP contribution in [0.1, 0.15) is 19.8 Å². The summed E-state index contributed by atoms with van der Waals surface area (Å²) in [6.45, 7) is 3.51. The van der Waals surface area contributed by atoms with Gasteiger partial charge in [-0.25, -0.2) is 0 Å². The first-order chi connectivity index (χ1) is 7.22. The van der Waals surface area contributed by atoms with Crippen molar-refractivity contribution in [1.29, 1.82) is 0 Å². The fraction of sp³-hybridized carbons (Fsp3) is 1.00. The van der Waals surface area contributed by atoms with Crippen molar-refractivity contribution in [3.63, 3.8) is 0 Å². The van der Waals surface area contributed by atoms with Crippen molar-refractivity contribution in [3.8, 4) is 0 Å². The number of hydrogen-bond acceptors (Lipinski definition) is 4. The molecule has 1 aliphatic rings. The zero-order chi connectivity index (χ0) is 11.1. The summed E-state index contributed by atoms with van der Waals surface area (Å²) < 4.78 is 16.2. The Morgan fingerprint density at radius 1 is 1.53 bits per heavy atom. The molecule has 0 amide bonds. The molecule has 1 atom stereocenters. The summed E-state index contributed by atoms with van der Waals surface area (Å²) in [7, 11) is -0.607. The Balaban J connectivity index is 2.06. The molecule has 0 aromatic rings. The molecule has 0 saturated carbocycles. The number of hydrogen-bond donors (Lipinski definition) is 2. The number of rotatable bonds is 6. The van der Waals surface area contributed by atoms with E-state index in [4.69, 9.17) is 4.74 Å². The van der Waals surface area contributed by atoms with E-state index in [9.17, 15) is 9.32 Å². The summed E-state index contributed by atoms with van der Waals surface area (Å²) >= 11 is 0. The molecule has 15 heavy (non-hydrogen) atoms. The third-order valence-electron chi connectivity index (χ3n) is 2.54. The van der Waals surface area contributed by atoms with Crippen LogP contribution in [0.25, 0.3) is 0 Å². The third kappa shape index (κ3) is 5.61. The molecule has 5 heteroatoms. The molecule has 0 aromatic heterocycles. The van der Waals surface area contributed by atoms with Crippen LogP contribution in [0.2, 0.25) is 0 Å². The molecule has 1 heterocycles. The van der Waals surface area contributed by atoms with E-state index in [2.05, 4.69) is 5.32 Å². The summed E-state index contributed by atoms with van der Waals surface area (Å²) in [5.74, 6) is 1.58. The van der Waals surface area contributed by atoms with Crippen LogP contribution in [0.4, 0.5) is 0 Å². The molecule has 90 valence electrons. The van der Waals surface area contributed by atoms with Crippen LogP contribution in [0.5, 0.6) is 0 Å². The minimum absolute atomic E-state index is 0.391. The number of aliphatic hydroxyl groups excluding tert-OH is 1. The molecular formula is C10H21NO3S. The van der Waals surface area contributed by atoms with Crippen LogP contribution in [-0.2, 0) is 15.5 Å². The Kier molecular flexibility index (Phi) is 6.40. The van der Waals surface area contributed by atoms with E-state index in [0.717, 1.165) is 24.3 Å². The molecular weight excluding hydrogens is 214 g/mol. The summed E-state index contributed by atoms with van der Waals surface area (Å²) in [6.07, 6.45) is 1.47. The van der Waals surface area contributed by atoms with Gasteiger partial charge in [-0.2, -0.15) is 0 Å². The Morgan fingerprint density at radius 3 is 2.80 bits per heavy atom. The molecule has 0 aromatic carbocycles. The van der Waals surface area contributed by atoms with Crippen molar-refractivity contribution in [2.75, 3.05) is 31.3 Å². The highest BCUT2D eigenvalue weighted by atomic mass is 32.2. The van der Waals surface area contributed by atoms with E-state index >= 15 is 0 Å². The average molecular weight is 235 g/mol. The Morgan fingerprint density at radius 2 is 2.20 bits per heavy atom. The van der Waals surface area contributed by atoms with E-state index in [1.165, 1.54) is 0 Å². The van der Waals surface area contributed by atoms with Crippen molar-refractivity contribution in [2.24, 2.45) is 0 Å². The van der Waals surface area contributed by atoms with Crippen LogP contribution in [-0.4, -0.2) is 52.7 Å². The maximum absolute atomic E-state index is 11.1. The van der Waals surface area contributed by atoms with Crippen LogP contribution < -0.4 is 5.32 Å². The van der Waals surface area contributed by atoms with Gasteiger partial charge in [0.05, 0.1) is 12.7 Å². The van der Waals surface area contributed by atoms with Gasteiger partial charge in [0, 0.05) is 41.5 Å². The van der Waals surface area contributed by atoms with Gasteiger partial charge in [0.25, 0.3) is 0 Å². The second-order valence-electron chi connectivity index (χ2n) is 3.84. The lowest BCUT2D eigenvalue weighted by Crippen LogP contribution is -2.41. The lowest BCUT2D eigenvalue weighted by atomic mass is 10.1. The van der Waals surface area contributed by atoms with Gasteiger partial charge in [-0.3, -0.25) is 4.21 Å². The first-order valence-corrected chi connectivity index (χ1v) is 7.05. The first kappa shape index (κ1) is 13.1. The zero-order valence-corrected chi connectivity index (χ0v) is 10.1. The van der Waals surface area contributed by atoms with Gasteiger partial charge in [0.1, 0.15) is 0 Å². The molecule has 0 radical (unpaired) electrons. The second-order valence-corrected chi connectivity index (χ2v) is 5.54. The van der Waals surface area contributed by atoms with E-state index in [-0.39, 0.29) is 0 Å². The average Bonchev–Trinajstić information content (AvgIpc) is 2.25. The minimum Gasteiger partial charge on any atom is -0.389 e. The van der Waals surface area contributed by atoms with Gasteiger partial charge in [0.15, 0.2) is 0 Å². The minimum atomic E-state index is -0.607. The largest absolute Gasteiger partial charge is 0.389 e. The van der Waals surface area contributed by atoms with Crippen molar-refractivity contribution in [3.05, 3.63) is 0 Å². The summed E-state index contributed by atoms with van der Waals surface area (Å²) in [5, 5.41) is 12.8. The molecule has 2 N–H and O–H groups in total. The lowest BCUT2D eigenvalue weighted by molar-refractivity contribution is 0.0412. The van der Waals surface area contributed by atoms with Gasteiger partial charge in [-0.1, -0.05) is 0 Å². The Hall–Kier alpha value is 0.0300. The lowest BCUT2D eigenvalue weighted by Gasteiger charge is -2.23. The molecule has 4 nitrogen and oxygen atoms in total. The Labute approximate surface area is 93.8 Å². The van der Waals surface area contributed by atoms with Crippen LogP contribution in [0.3, 0.4) is 0 Å². The quantitative estimate of drug-likeness (QED) is 0.674. The van der Waals surface area contributed by atoms with Crippen molar-refractivity contribution >= 4 is 10.8 Å². The third-order valence-corrected chi connectivity index (χ3v) is 3.93. The molecule has 1 fully saturated rings. The van der Waals surface area contributed by atoms with E-state index in [0.29, 0.717) is 25.8 Å². The van der Waals surface area contributed by atoms with Crippen LogP contribution in [0, 0.1) is 0 Å². The van der Waals surface area contributed by atoms with Crippen LogP contribution >= 0.6 is 0 Å². The maximum atomic E-state index is 11.1. The van der Waals surface area contributed by atoms with Gasteiger partial charge >= 0.3 is 0 Å². The first-order valence-electron chi connectivity index (χ1n) is 5.56. The fourth-order valence-electron chi connectivity index (χ4n) is 1.61. The SMILES string of the molecule is CCOCC(O)CNC1CCS(=O)CC1. The smallest absolute Gasteiger partial charge is 0.0897 e. The van der Waals surface area contributed by atoms with Crippen molar-refractivity contribution < 1.29 is 14.1 Å². The zero-order valence-electron chi connectivity index (χ0n) is 9.28. The monoisotopic (exact) mass is 235 g/mol. The molecule has 1 unspecified atom stereocenters. The second kappa shape index (κ2) is 7.33. The van der Waals surface area contributed by atoms with E-state index < -0.39 is 16.9 Å². The fourth-order valence-corrected chi connectivity index (χ4v) is 2.91. The highest BCUT2D eigenvalue weighted by Crippen LogP contribution is 2.08. The van der Waals surface area contributed by atoms with Gasteiger partial charge in [-0.15, -0.1) is 0 Å². The van der Waals surface area contributed by atoms with Gasteiger partial charge in [0.2, 0.25) is 0 Å². The summed E-state index contributed by atoms with van der Waals surface area (Å²) in [4.78, 5) is 0. The maximum Gasteiger partial charge on any atom is 0.0897 e. The summed E-state index contributed by atoms with van der Waals surface area (Å²) in [6, 6.07) is 0.416. The highest BCUT2D eigenvalue weighted by Gasteiger charge is 2.17. The van der Waals surface area contributed by atoms with E-state index in [1.54, 1.807) is 0 Å². The number of aliphatic hydroxyl groups is 1. The Bertz CT molecular complexity index is 191. The van der Waals surface area contributed by atoms with Gasteiger partial charge in [-0.05, 0) is 19.8 Å². The molecule has 0 aliphatic carbocycles. The number of ether oxygens (including phenoxy) is 1. The normalized spacial score (nSPS) is 28.9. The predicted octanol–water partition coefficient (Wildman–Crippen LogP) is -0.115. The molecule has 1 rings (SSSR count). The van der Waals surface area contributed by atoms with Crippen molar-refractivity contribution in [1.82, 2.24) is 5.32 Å². The van der Waals surface area contributed by atoms with Gasteiger partial charge < -0.3 is 15.2 Å². The number of nitrogens with one attached hydrogen (secondary N) is 1.